The quantitative estimate of drug-likeness (QED) is 0.738. The van der Waals surface area contributed by atoms with Crippen molar-refractivity contribution in [1.82, 2.24) is 0 Å². The second-order valence-electron chi connectivity index (χ2n) is 4.32. The van der Waals surface area contributed by atoms with Crippen LogP contribution in [0.2, 0.25) is 0 Å². The van der Waals surface area contributed by atoms with E-state index in [1.807, 2.05) is 25.1 Å². The van der Waals surface area contributed by atoms with Gasteiger partial charge in [-0.3, -0.25) is 4.39 Å². The van der Waals surface area contributed by atoms with Crippen LogP contribution in [0.25, 0.3) is 0 Å². The lowest BCUT2D eigenvalue weighted by molar-refractivity contribution is 0.190. The second-order valence-corrected chi connectivity index (χ2v) is 4.32. The number of benzene rings is 1. The molecule has 0 aliphatic carbocycles. The smallest absolute Gasteiger partial charge is 0.125 e. The Balaban J connectivity index is 2.52. The van der Waals surface area contributed by atoms with Gasteiger partial charge in [-0.25, -0.2) is 0 Å². The number of hydrogen-bond acceptors (Lipinski definition) is 2. The van der Waals surface area contributed by atoms with Crippen LogP contribution >= 0.6 is 0 Å². The minimum Gasteiger partial charge on any atom is -0.493 e. The van der Waals surface area contributed by atoms with Crippen LogP contribution in [0.1, 0.15) is 43.4 Å². The van der Waals surface area contributed by atoms with Crippen LogP contribution in [0, 0.1) is 6.92 Å². The van der Waals surface area contributed by atoms with Gasteiger partial charge < -0.3 is 9.84 Å². The van der Waals surface area contributed by atoms with Crippen molar-refractivity contribution in [3.63, 3.8) is 0 Å². The Kier molecular flexibility index (Phi) is 5.98. The van der Waals surface area contributed by atoms with Crippen molar-refractivity contribution in [2.45, 2.75) is 39.2 Å². The van der Waals surface area contributed by atoms with E-state index >= 15 is 0 Å². The first-order valence-electron chi connectivity index (χ1n) is 6.12. The van der Waals surface area contributed by atoms with E-state index in [0.717, 1.165) is 29.7 Å². The highest BCUT2D eigenvalue weighted by Gasteiger charge is 2.09. The standard InChI is InChI=1S/C14H21FO2/c1-11-6-7-14(13(10-11)12(2)16)17-9-5-3-4-8-15/h6-7,10,12,16H,3-5,8-9H2,1-2H3/t12-/m0/s1. The number of hydrogen-bond donors (Lipinski definition) is 1. The zero-order valence-electron chi connectivity index (χ0n) is 10.6. The molecule has 0 unspecified atom stereocenters. The summed E-state index contributed by atoms with van der Waals surface area (Å²) in [6.07, 6.45) is 1.75. The monoisotopic (exact) mass is 240 g/mol. The Hall–Kier alpha value is -1.09. The number of halogens is 1. The van der Waals surface area contributed by atoms with Crippen molar-refractivity contribution in [3.05, 3.63) is 29.3 Å². The van der Waals surface area contributed by atoms with Gasteiger partial charge in [-0.2, -0.15) is 0 Å². The number of aryl methyl sites for hydroxylation is 1. The molecule has 0 spiro atoms. The maximum absolute atomic E-state index is 11.9. The molecule has 2 nitrogen and oxygen atoms in total. The Morgan fingerprint density at radius 2 is 2.06 bits per heavy atom. The molecule has 1 aromatic rings. The first-order valence-corrected chi connectivity index (χ1v) is 6.12. The summed E-state index contributed by atoms with van der Waals surface area (Å²) in [5.74, 6) is 0.728. The summed E-state index contributed by atoms with van der Waals surface area (Å²) < 4.78 is 17.5. The van der Waals surface area contributed by atoms with Crippen LogP contribution in [0.4, 0.5) is 4.39 Å². The van der Waals surface area contributed by atoms with E-state index in [0.29, 0.717) is 13.0 Å². The number of aliphatic hydroxyl groups excluding tert-OH is 1. The van der Waals surface area contributed by atoms with Crippen molar-refractivity contribution >= 4 is 0 Å². The van der Waals surface area contributed by atoms with Gasteiger partial charge in [0, 0.05) is 5.56 Å². The van der Waals surface area contributed by atoms with E-state index in [4.69, 9.17) is 4.74 Å². The minimum absolute atomic E-state index is 0.260. The molecule has 1 N–H and O–H groups in total. The molecule has 0 fully saturated rings. The van der Waals surface area contributed by atoms with Gasteiger partial charge in [0.2, 0.25) is 0 Å². The molecular formula is C14H21FO2. The Morgan fingerprint density at radius 3 is 2.71 bits per heavy atom. The SMILES string of the molecule is Cc1ccc(OCCCCCF)c([C@H](C)O)c1. The average Bonchev–Trinajstić information content (AvgIpc) is 2.30. The lowest BCUT2D eigenvalue weighted by Gasteiger charge is -2.14. The van der Waals surface area contributed by atoms with Crippen molar-refractivity contribution in [2.75, 3.05) is 13.3 Å². The summed E-state index contributed by atoms with van der Waals surface area (Å²) in [5, 5.41) is 9.64. The third kappa shape index (κ3) is 4.73. The lowest BCUT2D eigenvalue weighted by atomic mass is 10.1. The summed E-state index contributed by atoms with van der Waals surface area (Å²) in [6.45, 7) is 4.02. The van der Waals surface area contributed by atoms with Gasteiger partial charge >= 0.3 is 0 Å². The molecule has 96 valence electrons. The first kappa shape index (κ1) is 14.0. The molecule has 1 atom stereocenters. The Morgan fingerprint density at radius 1 is 1.29 bits per heavy atom. The molecule has 0 amide bonds. The van der Waals surface area contributed by atoms with Gasteiger partial charge in [-0.1, -0.05) is 11.6 Å². The third-order valence-corrected chi connectivity index (χ3v) is 2.65. The van der Waals surface area contributed by atoms with Crippen LogP contribution < -0.4 is 4.74 Å². The molecule has 1 aromatic carbocycles. The lowest BCUT2D eigenvalue weighted by Crippen LogP contribution is -2.02. The van der Waals surface area contributed by atoms with Gasteiger partial charge in [0.05, 0.1) is 19.4 Å². The van der Waals surface area contributed by atoms with Gasteiger partial charge in [0.15, 0.2) is 0 Å². The minimum atomic E-state index is -0.532. The van der Waals surface area contributed by atoms with Crippen LogP contribution in [-0.2, 0) is 0 Å². The molecule has 0 saturated carbocycles. The molecule has 0 saturated heterocycles. The molecule has 0 aliphatic rings. The molecule has 0 heterocycles. The molecule has 0 aliphatic heterocycles. The zero-order chi connectivity index (χ0) is 12.7. The molecule has 0 aromatic heterocycles. The fraction of sp³-hybridized carbons (Fsp3) is 0.571. The second kappa shape index (κ2) is 7.28. The number of ether oxygens (including phenoxy) is 1. The molecule has 3 heteroatoms. The van der Waals surface area contributed by atoms with Gasteiger partial charge in [0.1, 0.15) is 5.75 Å². The number of rotatable bonds is 7. The number of aliphatic hydroxyl groups is 1. The highest BCUT2D eigenvalue weighted by atomic mass is 19.1. The van der Waals surface area contributed by atoms with Crippen LogP contribution in [0.3, 0.4) is 0 Å². The Bertz CT molecular complexity index is 337. The molecule has 1 rings (SSSR count). The number of alkyl halides is 1. The summed E-state index contributed by atoms with van der Waals surface area (Å²) in [4.78, 5) is 0. The molecular weight excluding hydrogens is 219 g/mol. The van der Waals surface area contributed by atoms with E-state index in [2.05, 4.69) is 0 Å². The summed E-state index contributed by atoms with van der Waals surface area (Å²) in [5.41, 5.74) is 1.92. The molecule has 0 radical (unpaired) electrons. The molecule has 0 bridgehead atoms. The van der Waals surface area contributed by atoms with Gasteiger partial charge in [0.25, 0.3) is 0 Å². The Labute approximate surface area is 102 Å². The highest BCUT2D eigenvalue weighted by Crippen LogP contribution is 2.26. The largest absolute Gasteiger partial charge is 0.493 e. The van der Waals surface area contributed by atoms with Gasteiger partial charge in [-0.05, 0) is 45.2 Å². The third-order valence-electron chi connectivity index (χ3n) is 2.65. The summed E-state index contributed by atoms with van der Waals surface area (Å²) in [6, 6.07) is 5.77. The van der Waals surface area contributed by atoms with Crippen molar-refractivity contribution in [1.29, 1.82) is 0 Å². The topological polar surface area (TPSA) is 29.5 Å². The fourth-order valence-electron chi connectivity index (χ4n) is 1.68. The zero-order valence-corrected chi connectivity index (χ0v) is 10.6. The van der Waals surface area contributed by atoms with Crippen LogP contribution in [0.15, 0.2) is 18.2 Å². The first-order chi connectivity index (χ1) is 8.15. The van der Waals surface area contributed by atoms with Crippen molar-refractivity contribution in [3.8, 4) is 5.75 Å². The number of unbranched alkanes of at least 4 members (excludes halogenated alkanes) is 2. The van der Waals surface area contributed by atoms with Crippen molar-refractivity contribution < 1.29 is 14.2 Å². The van der Waals surface area contributed by atoms with Crippen LogP contribution in [0.5, 0.6) is 5.75 Å². The predicted octanol–water partition coefficient (Wildman–Crippen LogP) is 3.57. The van der Waals surface area contributed by atoms with E-state index in [9.17, 15) is 9.50 Å². The van der Waals surface area contributed by atoms with E-state index < -0.39 is 6.10 Å². The summed E-state index contributed by atoms with van der Waals surface area (Å²) in [7, 11) is 0. The van der Waals surface area contributed by atoms with Gasteiger partial charge in [-0.15, -0.1) is 0 Å². The normalized spacial score (nSPS) is 12.5. The van der Waals surface area contributed by atoms with E-state index in [1.165, 1.54) is 0 Å². The average molecular weight is 240 g/mol. The van der Waals surface area contributed by atoms with Crippen LogP contribution in [-0.4, -0.2) is 18.4 Å². The maximum atomic E-state index is 11.9. The van der Waals surface area contributed by atoms with E-state index in [-0.39, 0.29) is 6.67 Å². The molecule has 17 heavy (non-hydrogen) atoms. The predicted molar refractivity (Wildman–Crippen MR) is 67.1 cm³/mol. The fourth-order valence-corrected chi connectivity index (χ4v) is 1.68. The maximum Gasteiger partial charge on any atom is 0.125 e. The highest BCUT2D eigenvalue weighted by molar-refractivity contribution is 5.38. The summed E-state index contributed by atoms with van der Waals surface area (Å²) >= 11 is 0. The van der Waals surface area contributed by atoms with E-state index in [1.54, 1.807) is 6.92 Å². The van der Waals surface area contributed by atoms with Crippen molar-refractivity contribution in [2.24, 2.45) is 0 Å².